The Balaban J connectivity index is 1.75. The molecule has 0 fully saturated rings. The van der Waals surface area contributed by atoms with Crippen molar-refractivity contribution >= 4 is 0 Å². The molecule has 3 aromatic rings. The number of aromatic nitrogens is 1. The van der Waals surface area contributed by atoms with E-state index in [4.69, 9.17) is 9.47 Å². The highest BCUT2D eigenvalue weighted by atomic mass is 16.5. The molecule has 4 nitrogen and oxygen atoms in total. The Kier molecular flexibility index (Phi) is 5.33. The summed E-state index contributed by atoms with van der Waals surface area (Å²) < 4.78 is 13.8. The lowest BCUT2D eigenvalue weighted by Crippen LogP contribution is -2.38. The van der Waals surface area contributed by atoms with E-state index in [0.717, 1.165) is 11.5 Å². The van der Waals surface area contributed by atoms with Gasteiger partial charge in [0.05, 0.1) is 0 Å². The zero-order valence-electron chi connectivity index (χ0n) is 15.4. The fourth-order valence-electron chi connectivity index (χ4n) is 2.58. The average Bonchev–Trinajstić information content (AvgIpc) is 3.15. The third-order valence-electron chi connectivity index (χ3n) is 4.14. The summed E-state index contributed by atoms with van der Waals surface area (Å²) in [5.74, 6) is 2.19. The lowest BCUT2D eigenvalue weighted by atomic mass is 9.88. The molecule has 1 heterocycles. The Bertz CT molecular complexity index is 790. The summed E-state index contributed by atoms with van der Waals surface area (Å²) >= 11 is 0. The van der Waals surface area contributed by atoms with E-state index in [9.17, 15) is 5.11 Å². The van der Waals surface area contributed by atoms with Crippen molar-refractivity contribution < 1.29 is 14.6 Å². The maximum Gasteiger partial charge on any atom is 0.202 e. The third kappa shape index (κ3) is 4.46. The normalized spacial score (nSPS) is 13.8. The molecule has 0 aliphatic carbocycles. The second kappa shape index (κ2) is 7.67. The highest BCUT2D eigenvalue weighted by molar-refractivity contribution is 5.35. The standard InChI is InChI=1S/C22H25NO3/c1-22(2,3)20(24)21(23-15-7-8-16-23)26-19-13-11-18(12-14-19)25-17-9-5-4-6-10-17/h4-16,20-21,24H,1-3H3. The Labute approximate surface area is 154 Å². The first-order chi connectivity index (χ1) is 12.4. The van der Waals surface area contributed by atoms with Crippen LogP contribution in [0.5, 0.6) is 17.2 Å². The Morgan fingerprint density at radius 2 is 1.31 bits per heavy atom. The third-order valence-corrected chi connectivity index (χ3v) is 4.14. The summed E-state index contributed by atoms with van der Waals surface area (Å²) in [6.45, 7) is 5.98. The molecule has 0 spiro atoms. The van der Waals surface area contributed by atoms with Crippen molar-refractivity contribution in [2.75, 3.05) is 0 Å². The maximum atomic E-state index is 10.8. The number of para-hydroxylation sites is 1. The van der Waals surface area contributed by atoms with Gasteiger partial charge in [0.25, 0.3) is 0 Å². The van der Waals surface area contributed by atoms with Crippen LogP contribution in [-0.2, 0) is 0 Å². The van der Waals surface area contributed by atoms with Crippen molar-refractivity contribution in [3.63, 3.8) is 0 Å². The maximum absolute atomic E-state index is 10.8. The molecule has 2 aromatic carbocycles. The summed E-state index contributed by atoms with van der Waals surface area (Å²) in [6.07, 6.45) is 2.61. The van der Waals surface area contributed by atoms with Crippen LogP contribution < -0.4 is 9.47 Å². The van der Waals surface area contributed by atoms with Gasteiger partial charge in [0.15, 0.2) is 0 Å². The minimum atomic E-state index is -0.671. The predicted molar refractivity (Wildman–Crippen MR) is 103 cm³/mol. The van der Waals surface area contributed by atoms with Gasteiger partial charge in [0.1, 0.15) is 23.4 Å². The number of rotatable bonds is 6. The lowest BCUT2D eigenvalue weighted by Gasteiger charge is -2.34. The van der Waals surface area contributed by atoms with Gasteiger partial charge in [-0.15, -0.1) is 0 Å². The molecule has 4 heteroatoms. The van der Waals surface area contributed by atoms with Crippen LogP contribution in [0.4, 0.5) is 0 Å². The molecule has 0 saturated carbocycles. The zero-order chi connectivity index (χ0) is 18.6. The molecule has 136 valence electrons. The number of hydrogen-bond acceptors (Lipinski definition) is 3. The fourth-order valence-corrected chi connectivity index (χ4v) is 2.58. The van der Waals surface area contributed by atoms with Crippen LogP contribution in [0.25, 0.3) is 0 Å². The van der Waals surface area contributed by atoms with Gasteiger partial charge in [0.2, 0.25) is 6.23 Å². The molecule has 0 amide bonds. The molecule has 2 atom stereocenters. The molecule has 0 radical (unpaired) electrons. The van der Waals surface area contributed by atoms with Crippen LogP contribution in [-0.4, -0.2) is 15.8 Å². The van der Waals surface area contributed by atoms with Crippen molar-refractivity contribution in [2.45, 2.75) is 33.1 Å². The van der Waals surface area contributed by atoms with E-state index >= 15 is 0 Å². The topological polar surface area (TPSA) is 43.6 Å². The SMILES string of the molecule is CC(C)(C)C(O)C(Oc1ccc(Oc2ccccc2)cc1)n1cccc1. The van der Waals surface area contributed by atoms with E-state index in [0.29, 0.717) is 5.75 Å². The van der Waals surface area contributed by atoms with Crippen LogP contribution in [0, 0.1) is 5.41 Å². The first-order valence-electron chi connectivity index (χ1n) is 8.73. The summed E-state index contributed by atoms with van der Waals surface area (Å²) in [4.78, 5) is 0. The number of aliphatic hydroxyl groups excluding tert-OH is 1. The molecular formula is C22H25NO3. The molecule has 0 saturated heterocycles. The van der Waals surface area contributed by atoms with Gasteiger partial charge in [-0.2, -0.15) is 0 Å². The number of ether oxygens (including phenoxy) is 2. The van der Waals surface area contributed by atoms with Crippen molar-refractivity contribution in [3.8, 4) is 17.2 Å². The molecule has 1 N–H and O–H groups in total. The number of hydrogen-bond donors (Lipinski definition) is 1. The molecule has 1 aromatic heterocycles. The van der Waals surface area contributed by atoms with Crippen molar-refractivity contribution in [1.82, 2.24) is 4.57 Å². The second-order valence-electron chi connectivity index (χ2n) is 7.34. The van der Waals surface area contributed by atoms with Crippen LogP contribution in [0.2, 0.25) is 0 Å². The molecule has 2 unspecified atom stereocenters. The Morgan fingerprint density at radius 3 is 1.88 bits per heavy atom. The molecule has 0 aliphatic heterocycles. The Hall–Kier alpha value is -2.72. The van der Waals surface area contributed by atoms with Gasteiger partial charge in [-0.25, -0.2) is 0 Å². The van der Waals surface area contributed by atoms with Gasteiger partial charge >= 0.3 is 0 Å². The fraction of sp³-hybridized carbons (Fsp3) is 0.273. The highest BCUT2D eigenvalue weighted by Crippen LogP contribution is 2.32. The largest absolute Gasteiger partial charge is 0.467 e. The first kappa shape index (κ1) is 18.1. The van der Waals surface area contributed by atoms with Gasteiger partial charge in [0, 0.05) is 12.4 Å². The summed E-state index contributed by atoms with van der Waals surface area (Å²) in [7, 11) is 0. The van der Waals surface area contributed by atoms with Crippen LogP contribution in [0.15, 0.2) is 79.1 Å². The van der Waals surface area contributed by atoms with E-state index in [2.05, 4.69) is 0 Å². The van der Waals surface area contributed by atoms with Gasteiger partial charge in [-0.3, -0.25) is 0 Å². The number of aliphatic hydroxyl groups is 1. The summed E-state index contributed by atoms with van der Waals surface area (Å²) in [6, 6.07) is 20.9. The summed E-state index contributed by atoms with van der Waals surface area (Å²) in [5, 5.41) is 10.8. The lowest BCUT2D eigenvalue weighted by molar-refractivity contribution is -0.0672. The van der Waals surface area contributed by atoms with Gasteiger partial charge < -0.3 is 19.1 Å². The van der Waals surface area contributed by atoms with E-state index in [1.54, 1.807) is 0 Å². The van der Waals surface area contributed by atoms with Crippen molar-refractivity contribution in [2.24, 2.45) is 5.41 Å². The van der Waals surface area contributed by atoms with E-state index in [1.807, 2.05) is 104 Å². The van der Waals surface area contributed by atoms with Crippen molar-refractivity contribution in [3.05, 3.63) is 79.1 Å². The van der Waals surface area contributed by atoms with Gasteiger partial charge in [-0.05, 0) is 53.9 Å². The molecule has 3 rings (SSSR count). The quantitative estimate of drug-likeness (QED) is 0.658. The molecule has 26 heavy (non-hydrogen) atoms. The molecule has 0 aliphatic rings. The van der Waals surface area contributed by atoms with Crippen LogP contribution >= 0.6 is 0 Å². The predicted octanol–water partition coefficient (Wildman–Crippen LogP) is 5.27. The smallest absolute Gasteiger partial charge is 0.202 e. The Morgan fingerprint density at radius 1 is 0.769 bits per heavy atom. The molecule has 0 bridgehead atoms. The van der Waals surface area contributed by atoms with E-state index in [-0.39, 0.29) is 5.41 Å². The van der Waals surface area contributed by atoms with E-state index < -0.39 is 12.3 Å². The minimum absolute atomic E-state index is 0.314. The van der Waals surface area contributed by atoms with Crippen LogP contribution in [0.3, 0.4) is 0 Å². The minimum Gasteiger partial charge on any atom is -0.467 e. The highest BCUT2D eigenvalue weighted by Gasteiger charge is 2.33. The van der Waals surface area contributed by atoms with E-state index in [1.165, 1.54) is 0 Å². The first-order valence-corrected chi connectivity index (χ1v) is 8.73. The zero-order valence-corrected chi connectivity index (χ0v) is 15.4. The summed E-state index contributed by atoms with van der Waals surface area (Å²) in [5.41, 5.74) is -0.314. The molecular weight excluding hydrogens is 326 g/mol. The van der Waals surface area contributed by atoms with Crippen LogP contribution in [0.1, 0.15) is 27.0 Å². The van der Waals surface area contributed by atoms with Gasteiger partial charge in [-0.1, -0.05) is 39.0 Å². The monoisotopic (exact) mass is 351 g/mol. The second-order valence-corrected chi connectivity index (χ2v) is 7.34. The number of nitrogens with zero attached hydrogens (tertiary/aromatic N) is 1. The number of benzene rings is 2. The van der Waals surface area contributed by atoms with Crippen molar-refractivity contribution in [1.29, 1.82) is 0 Å². The average molecular weight is 351 g/mol.